The molecule has 0 saturated carbocycles. The Kier molecular flexibility index (Phi) is 49.3. The number of phosphoric ester groups is 1. The summed E-state index contributed by atoms with van der Waals surface area (Å²) < 4.78 is 23.2. The molecule has 0 fully saturated rings. The fraction of sp³-hybridized carbons (Fsp3) is 0.847. The second-order valence-electron chi connectivity index (χ2n) is 21.0. The number of unbranched alkanes of at least 4 members (excludes halogenated alkanes) is 34. The molecule has 3 atom stereocenters. The van der Waals surface area contributed by atoms with Gasteiger partial charge in [-0.2, -0.15) is 0 Å². The minimum Gasteiger partial charge on any atom is -0.756 e. The number of phosphoric acid groups is 1. The van der Waals surface area contributed by atoms with Crippen molar-refractivity contribution >= 4 is 13.7 Å². The van der Waals surface area contributed by atoms with E-state index < -0.39 is 26.6 Å². The van der Waals surface area contributed by atoms with Crippen molar-refractivity contribution in [2.24, 2.45) is 0 Å². The van der Waals surface area contributed by atoms with E-state index in [-0.39, 0.29) is 12.5 Å². The van der Waals surface area contributed by atoms with E-state index in [1.807, 2.05) is 27.2 Å². The van der Waals surface area contributed by atoms with E-state index in [1.54, 1.807) is 6.08 Å². The zero-order chi connectivity index (χ0) is 49.9. The topological polar surface area (TPSA) is 108 Å². The van der Waals surface area contributed by atoms with E-state index in [0.717, 1.165) is 44.9 Å². The normalized spacial score (nSPS) is 14.3. The molecule has 0 radical (unpaired) electrons. The third-order valence-electron chi connectivity index (χ3n) is 13.0. The van der Waals surface area contributed by atoms with Crippen LogP contribution in [0.5, 0.6) is 0 Å². The van der Waals surface area contributed by atoms with Gasteiger partial charge in [0.2, 0.25) is 5.91 Å². The summed E-state index contributed by atoms with van der Waals surface area (Å²) in [5.41, 5.74) is 0. The Labute approximate surface area is 422 Å². The number of likely N-dealkylation sites (N-methyl/N-ethyl adjacent to an activating group) is 1. The second kappa shape index (κ2) is 50.4. The molecule has 0 heterocycles. The van der Waals surface area contributed by atoms with Crippen molar-refractivity contribution in [3.8, 4) is 0 Å². The molecular formula is C59H113N2O6P. The molecule has 400 valence electrons. The van der Waals surface area contributed by atoms with E-state index in [9.17, 15) is 19.4 Å². The van der Waals surface area contributed by atoms with Crippen LogP contribution in [0.1, 0.15) is 271 Å². The van der Waals surface area contributed by atoms with Gasteiger partial charge in [-0.1, -0.05) is 249 Å². The summed E-state index contributed by atoms with van der Waals surface area (Å²) in [4.78, 5) is 25.4. The molecule has 0 rings (SSSR count). The average Bonchev–Trinajstić information content (AvgIpc) is 3.30. The van der Waals surface area contributed by atoms with Crippen molar-refractivity contribution in [2.75, 3.05) is 40.9 Å². The summed E-state index contributed by atoms with van der Waals surface area (Å²) in [6.45, 7) is 4.60. The van der Waals surface area contributed by atoms with Gasteiger partial charge in [0, 0.05) is 6.42 Å². The number of amides is 1. The smallest absolute Gasteiger partial charge is 0.268 e. The molecular weight excluding hydrogens is 864 g/mol. The zero-order valence-corrected chi connectivity index (χ0v) is 46.5. The molecule has 0 aromatic carbocycles. The Morgan fingerprint density at radius 3 is 1.28 bits per heavy atom. The zero-order valence-electron chi connectivity index (χ0n) is 45.6. The van der Waals surface area contributed by atoms with Gasteiger partial charge in [0.25, 0.3) is 7.82 Å². The predicted octanol–water partition coefficient (Wildman–Crippen LogP) is 16.9. The predicted molar refractivity (Wildman–Crippen MR) is 293 cm³/mol. The van der Waals surface area contributed by atoms with Gasteiger partial charge in [-0.15, -0.1) is 0 Å². The van der Waals surface area contributed by atoms with Crippen LogP contribution in [0.15, 0.2) is 48.6 Å². The largest absolute Gasteiger partial charge is 0.756 e. The Hall–Kier alpha value is -1.54. The molecule has 2 N–H and O–H groups in total. The molecule has 0 bridgehead atoms. The number of quaternary nitrogens is 1. The SMILES string of the molecule is CCCCCCC/C=C\C/C=C\CCCCCCCCCCCCCCCCCCCCCCCCCC(=O)NC(COP(=O)([O-])OCC[N+](C)(C)C)C(O)/C=C/CC/C=C/CCCCCCC. The summed E-state index contributed by atoms with van der Waals surface area (Å²) in [5, 5.41) is 13.8. The Morgan fingerprint density at radius 1 is 0.515 bits per heavy atom. The molecule has 3 unspecified atom stereocenters. The second-order valence-corrected chi connectivity index (χ2v) is 22.4. The number of aliphatic hydroxyl groups is 1. The lowest BCUT2D eigenvalue weighted by Crippen LogP contribution is -2.45. The maximum atomic E-state index is 12.9. The van der Waals surface area contributed by atoms with Crippen molar-refractivity contribution in [1.29, 1.82) is 0 Å². The number of aliphatic hydroxyl groups excluding tert-OH is 1. The molecule has 0 spiro atoms. The molecule has 0 aliphatic heterocycles. The van der Waals surface area contributed by atoms with Crippen LogP contribution in [0.4, 0.5) is 0 Å². The van der Waals surface area contributed by atoms with E-state index in [0.29, 0.717) is 17.4 Å². The summed E-state index contributed by atoms with van der Waals surface area (Å²) >= 11 is 0. The van der Waals surface area contributed by atoms with Crippen molar-refractivity contribution in [1.82, 2.24) is 5.32 Å². The van der Waals surface area contributed by atoms with Crippen molar-refractivity contribution < 1.29 is 32.9 Å². The first-order valence-corrected chi connectivity index (χ1v) is 30.5. The summed E-state index contributed by atoms with van der Waals surface area (Å²) in [7, 11) is 1.25. The van der Waals surface area contributed by atoms with Gasteiger partial charge in [-0.3, -0.25) is 9.36 Å². The van der Waals surface area contributed by atoms with Crippen LogP contribution < -0.4 is 10.2 Å². The number of nitrogens with zero attached hydrogens (tertiary/aromatic N) is 1. The van der Waals surface area contributed by atoms with Gasteiger partial charge < -0.3 is 28.8 Å². The van der Waals surface area contributed by atoms with Crippen LogP contribution in [-0.4, -0.2) is 68.5 Å². The standard InChI is InChI=1S/C59H113N2O6P/c1-6-8-10-12-14-16-18-19-20-21-22-23-24-25-26-27-28-29-30-31-32-33-34-35-36-37-38-39-40-41-43-45-47-49-51-53-59(63)60-57(56-67-68(64,65)66-55-54-61(3,4)5)58(62)52-50-48-46-44-42-17-15-13-11-9-7-2/h18-19,21-22,42,44,50,52,57-58,62H,6-17,20,23-41,43,45-49,51,53-56H2,1-5H3,(H-,60,63,64,65)/b19-18-,22-21-,44-42+,52-50+. The van der Waals surface area contributed by atoms with Gasteiger partial charge in [0.1, 0.15) is 13.2 Å². The molecule has 0 aliphatic carbocycles. The van der Waals surface area contributed by atoms with Crippen LogP contribution in [0.3, 0.4) is 0 Å². The Bertz CT molecular complexity index is 1250. The van der Waals surface area contributed by atoms with Gasteiger partial charge in [-0.25, -0.2) is 0 Å². The summed E-state index contributed by atoms with van der Waals surface area (Å²) in [5.74, 6) is -0.206. The number of carbonyl (C=O) groups is 1. The first-order valence-electron chi connectivity index (χ1n) is 29.0. The van der Waals surface area contributed by atoms with Crippen LogP contribution in [0.2, 0.25) is 0 Å². The fourth-order valence-corrected chi connectivity index (χ4v) is 9.16. The minimum absolute atomic E-state index is 0.00575. The van der Waals surface area contributed by atoms with E-state index >= 15 is 0 Å². The maximum Gasteiger partial charge on any atom is 0.268 e. The summed E-state index contributed by atoms with van der Waals surface area (Å²) in [6, 6.07) is -0.901. The van der Waals surface area contributed by atoms with Crippen LogP contribution in [-0.2, 0) is 18.4 Å². The number of carbonyl (C=O) groups excluding carboxylic acids is 1. The summed E-state index contributed by atoms with van der Waals surface area (Å²) in [6.07, 6.45) is 66.5. The number of allylic oxidation sites excluding steroid dienone is 7. The Balaban J connectivity index is 3.92. The monoisotopic (exact) mass is 977 g/mol. The van der Waals surface area contributed by atoms with Crippen molar-refractivity contribution in [3.05, 3.63) is 48.6 Å². The first kappa shape index (κ1) is 66.5. The van der Waals surface area contributed by atoms with E-state index in [2.05, 4.69) is 55.6 Å². The molecule has 0 aliphatic rings. The first-order chi connectivity index (χ1) is 33.0. The number of hydrogen-bond donors (Lipinski definition) is 2. The molecule has 0 saturated heterocycles. The highest BCUT2D eigenvalue weighted by atomic mass is 31.2. The molecule has 0 aromatic rings. The highest BCUT2D eigenvalue weighted by Gasteiger charge is 2.23. The third kappa shape index (κ3) is 52.3. The van der Waals surface area contributed by atoms with Gasteiger partial charge in [-0.05, 0) is 64.2 Å². The van der Waals surface area contributed by atoms with Crippen LogP contribution >= 0.6 is 7.82 Å². The number of hydrogen-bond acceptors (Lipinski definition) is 6. The van der Waals surface area contributed by atoms with E-state index in [1.165, 1.54) is 205 Å². The highest BCUT2D eigenvalue weighted by Crippen LogP contribution is 2.38. The number of rotatable bonds is 53. The minimum atomic E-state index is -4.60. The quantitative estimate of drug-likeness (QED) is 0.0272. The highest BCUT2D eigenvalue weighted by molar-refractivity contribution is 7.45. The Morgan fingerprint density at radius 2 is 0.868 bits per heavy atom. The molecule has 68 heavy (non-hydrogen) atoms. The van der Waals surface area contributed by atoms with Gasteiger partial charge in [0.15, 0.2) is 0 Å². The van der Waals surface area contributed by atoms with Crippen molar-refractivity contribution in [2.45, 2.75) is 283 Å². The lowest BCUT2D eigenvalue weighted by Gasteiger charge is -2.29. The average molecular weight is 978 g/mol. The molecule has 1 amide bonds. The van der Waals surface area contributed by atoms with Crippen LogP contribution in [0, 0.1) is 0 Å². The van der Waals surface area contributed by atoms with Gasteiger partial charge in [0.05, 0.1) is 39.9 Å². The third-order valence-corrected chi connectivity index (χ3v) is 14.0. The van der Waals surface area contributed by atoms with Crippen LogP contribution in [0.25, 0.3) is 0 Å². The molecule has 9 heteroatoms. The van der Waals surface area contributed by atoms with Crippen molar-refractivity contribution in [3.63, 3.8) is 0 Å². The van der Waals surface area contributed by atoms with Gasteiger partial charge >= 0.3 is 0 Å². The maximum absolute atomic E-state index is 12.9. The number of nitrogens with one attached hydrogen (secondary N) is 1. The van der Waals surface area contributed by atoms with E-state index in [4.69, 9.17) is 9.05 Å². The molecule has 8 nitrogen and oxygen atoms in total. The molecule has 0 aromatic heterocycles. The lowest BCUT2D eigenvalue weighted by atomic mass is 10.0. The fourth-order valence-electron chi connectivity index (χ4n) is 8.44. The lowest BCUT2D eigenvalue weighted by molar-refractivity contribution is -0.870.